The molecule has 0 aliphatic rings. The Balaban J connectivity index is 2.05. The van der Waals surface area contributed by atoms with Gasteiger partial charge >= 0.3 is 5.97 Å². The average molecular weight is 310 g/mol. The molecule has 0 saturated heterocycles. The van der Waals surface area contributed by atoms with Gasteiger partial charge in [-0.05, 0) is 17.9 Å². The van der Waals surface area contributed by atoms with Crippen LogP contribution in [0.1, 0.15) is 42.3 Å². The minimum Gasteiger partial charge on any atom is -0.492 e. The third kappa shape index (κ3) is 3.84. The van der Waals surface area contributed by atoms with Crippen molar-refractivity contribution in [2.24, 2.45) is 0 Å². The maximum Gasteiger partial charge on any atom is 0.349 e. The molecule has 0 saturated carbocycles. The van der Waals surface area contributed by atoms with Crippen molar-refractivity contribution < 1.29 is 14.6 Å². The molecule has 0 fully saturated rings. The molecule has 0 amide bonds. The smallest absolute Gasteiger partial charge is 0.349 e. The van der Waals surface area contributed by atoms with E-state index in [1.165, 1.54) is 24.2 Å². The van der Waals surface area contributed by atoms with Gasteiger partial charge in [-0.3, -0.25) is 0 Å². The second-order valence-electron chi connectivity index (χ2n) is 4.50. The minimum absolute atomic E-state index is 0.295. The van der Waals surface area contributed by atoms with Crippen LogP contribution in [-0.4, -0.2) is 17.7 Å². The zero-order chi connectivity index (χ0) is 14.4. The van der Waals surface area contributed by atoms with Gasteiger partial charge in [0.2, 0.25) is 0 Å². The maximum atomic E-state index is 11.3. The van der Waals surface area contributed by atoms with Gasteiger partial charge in [0.05, 0.1) is 6.61 Å². The number of aromatic carboxylic acids is 1. The summed E-state index contributed by atoms with van der Waals surface area (Å²) in [5.41, 5.74) is 0. The van der Waals surface area contributed by atoms with Gasteiger partial charge < -0.3 is 9.84 Å². The molecular formula is C15H18O3S2. The molecular weight excluding hydrogens is 292 g/mol. The SMILES string of the molecule is CCCCCCOc1cc(-c2cccs2)sc1C(=O)O. The van der Waals surface area contributed by atoms with Crippen LogP contribution in [0.15, 0.2) is 23.6 Å². The van der Waals surface area contributed by atoms with Crippen molar-refractivity contribution >= 4 is 28.6 Å². The third-order valence-corrected chi connectivity index (χ3v) is 5.08. The van der Waals surface area contributed by atoms with Gasteiger partial charge in [0.15, 0.2) is 4.88 Å². The van der Waals surface area contributed by atoms with Gasteiger partial charge in [0, 0.05) is 15.8 Å². The first kappa shape index (κ1) is 15.1. The lowest BCUT2D eigenvalue weighted by atomic mass is 10.2. The van der Waals surface area contributed by atoms with E-state index in [0.717, 1.165) is 22.6 Å². The number of carboxylic acid groups (broad SMARTS) is 1. The summed E-state index contributed by atoms with van der Waals surface area (Å²) in [7, 11) is 0. The van der Waals surface area contributed by atoms with Crippen molar-refractivity contribution in [1.29, 1.82) is 0 Å². The Kier molecular flexibility index (Phi) is 5.61. The van der Waals surface area contributed by atoms with E-state index >= 15 is 0 Å². The Bertz CT molecular complexity index is 543. The molecule has 1 N–H and O–H groups in total. The number of unbranched alkanes of at least 4 members (excludes halogenated alkanes) is 3. The molecule has 0 aliphatic heterocycles. The van der Waals surface area contributed by atoms with Crippen molar-refractivity contribution in [3.8, 4) is 15.5 Å². The van der Waals surface area contributed by atoms with Crippen LogP contribution in [-0.2, 0) is 0 Å². The Hall–Kier alpha value is -1.33. The molecule has 0 aromatic carbocycles. The van der Waals surface area contributed by atoms with Crippen molar-refractivity contribution in [3.63, 3.8) is 0 Å². The summed E-state index contributed by atoms with van der Waals surface area (Å²) in [5.74, 6) is -0.413. The predicted molar refractivity (Wildman–Crippen MR) is 84.2 cm³/mol. The molecule has 0 spiro atoms. The Morgan fingerprint density at radius 3 is 2.80 bits per heavy atom. The topological polar surface area (TPSA) is 46.5 Å². The number of hydrogen-bond donors (Lipinski definition) is 1. The fourth-order valence-electron chi connectivity index (χ4n) is 1.88. The fraction of sp³-hybridized carbons (Fsp3) is 0.400. The molecule has 0 radical (unpaired) electrons. The highest BCUT2D eigenvalue weighted by Gasteiger charge is 2.18. The van der Waals surface area contributed by atoms with E-state index in [0.29, 0.717) is 17.2 Å². The molecule has 2 heterocycles. The van der Waals surface area contributed by atoms with E-state index < -0.39 is 5.97 Å². The van der Waals surface area contributed by atoms with Crippen LogP contribution in [0.3, 0.4) is 0 Å². The van der Waals surface area contributed by atoms with E-state index in [9.17, 15) is 9.90 Å². The molecule has 2 aromatic heterocycles. The standard InChI is InChI=1S/C15H18O3S2/c1-2-3-4-5-8-18-11-10-13(12-7-6-9-19-12)20-14(11)15(16)17/h6-7,9-10H,2-5,8H2,1H3,(H,16,17). The van der Waals surface area contributed by atoms with Gasteiger partial charge in [-0.15, -0.1) is 22.7 Å². The number of carbonyl (C=O) groups is 1. The van der Waals surface area contributed by atoms with Gasteiger partial charge in [-0.1, -0.05) is 32.3 Å². The quantitative estimate of drug-likeness (QED) is 0.687. The van der Waals surface area contributed by atoms with Gasteiger partial charge in [0.25, 0.3) is 0 Å². The lowest BCUT2D eigenvalue weighted by Gasteiger charge is -2.04. The molecule has 0 atom stereocenters. The van der Waals surface area contributed by atoms with Gasteiger partial charge in [-0.2, -0.15) is 0 Å². The zero-order valence-electron chi connectivity index (χ0n) is 11.4. The monoisotopic (exact) mass is 310 g/mol. The summed E-state index contributed by atoms with van der Waals surface area (Å²) in [6.07, 6.45) is 4.47. The fourth-order valence-corrected chi connectivity index (χ4v) is 3.65. The van der Waals surface area contributed by atoms with E-state index in [1.54, 1.807) is 11.3 Å². The first-order valence-corrected chi connectivity index (χ1v) is 8.45. The predicted octanol–water partition coefficient (Wildman–Crippen LogP) is 5.13. The summed E-state index contributed by atoms with van der Waals surface area (Å²) in [6, 6.07) is 5.80. The van der Waals surface area contributed by atoms with E-state index in [4.69, 9.17) is 4.74 Å². The average Bonchev–Trinajstić information content (AvgIpc) is 3.07. The van der Waals surface area contributed by atoms with Crippen LogP contribution >= 0.6 is 22.7 Å². The zero-order valence-corrected chi connectivity index (χ0v) is 13.1. The van der Waals surface area contributed by atoms with Crippen molar-refractivity contribution in [1.82, 2.24) is 0 Å². The second kappa shape index (κ2) is 7.45. The number of ether oxygens (including phenoxy) is 1. The van der Waals surface area contributed by atoms with Crippen molar-refractivity contribution in [2.75, 3.05) is 6.61 Å². The van der Waals surface area contributed by atoms with Crippen LogP contribution in [0.2, 0.25) is 0 Å². The van der Waals surface area contributed by atoms with Gasteiger partial charge in [-0.25, -0.2) is 4.79 Å². The van der Waals surface area contributed by atoms with E-state index in [-0.39, 0.29) is 0 Å². The molecule has 2 aromatic rings. The summed E-state index contributed by atoms with van der Waals surface area (Å²) in [6.45, 7) is 2.75. The largest absolute Gasteiger partial charge is 0.492 e. The normalized spacial score (nSPS) is 10.7. The van der Waals surface area contributed by atoms with Crippen LogP contribution in [0, 0.1) is 0 Å². The second-order valence-corrected chi connectivity index (χ2v) is 6.50. The number of rotatable bonds is 8. The molecule has 108 valence electrons. The molecule has 20 heavy (non-hydrogen) atoms. The maximum absolute atomic E-state index is 11.3. The number of hydrogen-bond acceptors (Lipinski definition) is 4. The Morgan fingerprint density at radius 2 is 2.15 bits per heavy atom. The molecule has 0 bridgehead atoms. The van der Waals surface area contributed by atoms with Crippen molar-refractivity contribution in [2.45, 2.75) is 32.6 Å². The molecule has 0 unspecified atom stereocenters. The van der Waals surface area contributed by atoms with Crippen LogP contribution in [0.25, 0.3) is 9.75 Å². The van der Waals surface area contributed by atoms with E-state index in [1.807, 2.05) is 23.6 Å². The van der Waals surface area contributed by atoms with E-state index in [2.05, 4.69) is 6.92 Å². The minimum atomic E-state index is -0.915. The molecule has 0 aliphatic carbocycles. The highest BCUT2D eigenvalue weighted by molar-refractivity contribution is 7.22. The van der Waals surface area contributed by atoms with Crippen LogP contribution in [0.4, 0.5) is 0 Å². The van der Waals surface area contributed by atoms with Crippen LogP contribution < -0.4 is 4.74 Å². The first-order chi connectivity index (χ1) is 9.72. The lowest BCUT2D eigenvalue weighted by Crippen LogP contribution is -2.01. The molecule has 2 rings (SSSR count). The number of thiophene rings is 2. The first-order valence-electron chi connectivity index (χ1n) is 6.76. The van der Waals surface area contributed by atoms with Gasteiger partial charge in [0.1, 0.15) is 5.75 Å². The highest BCUT2D eigenvalue weighted by Crippen LogP contribution is 2.38. The number of carboxylic acids is 1. The lowest BCUT2D eigenvalue weighted by molar-refractivity contribution is 0.0698. The Morgan fingerprint density at radius 1 is 1.30 bits per heavy atom. The van der Waals surface area contributed by atoms with Crippen molar-refractivity contribution in [3.05, 3.63) is 28.5 Å². The Labute approximate surface area is 126 Å². The molecule has 5 heteroatoms. The van der Waals surface area contributed by atoms with Crippen LogP contribution in [0.5, 0.6) is 5.75 Å². The summed E-state index contributed by atoms with van der Waals surface area (Å²) < 4.78 is 5.66. The summed E-state index contributed by atoms with van der Waals surface area (Å²) in [4.78, 5) is 13.6. The third-order valence-electron chi connectivity index (χ3n) is 2.91. The summed E-state index contributed by atoms with van der Waals surface area (Å²) >= 11 is 2.89. The summed E-state index contributed by atoms with van der Waals surface area (Å²) in [5, 5.41) is 11.2. The molecule has 3 nitrogen and oxygen atoms in total. The highest BCUT2D eigenvalue weighted by atomic mass is 32.1.